The first-order valence-corrected chi connectivity index (χ1v) is 23.7. The molecule has 0 heterocycles. The predicted molar refractivity (Wildman–Crippen MR) is 271 cm³/mol. The van der Waals surface area contributed by atoms with E-state index >= 15 is 0 Å². The van der Waals surface area contributed by atoms with E-state index in [1.54, 1.807) is 38.1 Å². The van der Waals surface area contributed by atoms with Crippen LogP contribution in [0.2, 0.25) is 0 Å². The number of benzene rings is 9. The van der Waals surface area contributed by atoms with Crippen molar-refractivity contribution in [2.75, 3.05) is 0 Å². The van der Waals surface area contributed by atoms with Crippen molar-refractivity contribution in [3.8, 4) is 17.2 Å². The molecule has 0 saturated heterocycles. The molecule has 0 amide bonds. The Kier molecular flexibility index (Phi) is 16.5. The largest absolute Gasteiger partial charge is 0.394 e. The zero-order chi connectivity index (χ0) is 43.6. The second-order valence-electron chi connectivity index (χ2n) is 15.9. The minimum absolute atomic E-state index is 0. The Morgan fingerprint density at radius 1 is 0.444 bits per heavy atom. The molecule has 0 radical (unpaired) electrons. The number of aryl methyl sites for hydroxylation is 4. The molecule has 9 aromatic carbocycles. The van der Waals surface area contributed by atoms with Crippen molar-refractivity contribution in [2.24, 2.45) is 0 Å². The second kappa shape index (κ2) is 22.2. The van der Waals surface area contributed by atoms with Crippen LogP contribution in [0.25, 0.3) is 32.7 Å². The fourth-order valence-electron chi connectivity index (χ4n) is 7.51. The molecule has 0 spiro atoms. The zero-order valence-corrected chi connectivity index (χ0v) is 40.0. The normalized spacial score (nSPS) is 10.7. The van der Waals surface area contributed by atoms with E-state index in [1.165, 1.54) is 86.8 Å². The van der Waals surface area contributed by atoms with Crippen LogP contribution in [0.4, 0.5) is 0 Å². The molecular formula is C58H52NOP2Pd-. The Morgan fingerprint density at radius 3 is 1.03 bits per heavy atom. The quantitative estimate of drug-likeness (QED) is 0.0983. The third kappa shape index (κ3) is 11.5. The van der Waals surface area contributed by atoms with Crippen LogP contribution in [0.5, 0.6) is 0 Å². The smallest absolute Gasteiger partial charge is 0.0725 e. The minimum Gasteiger partial charge on any atom is -0.394 e. The van der Waals surface area contributed by atoms with Crippen molar-refractivity contribution in [2.45, 2.75) is 47.6 Å². The first kappa shape index (κ1) is 47.0. The zero-order valence-electron chi connectivity index (χ0n) is 36.7. The Labute approximate surface area is 390 Å². The molecule has 1 N–H and O–H groups in total. The number of hydrogen-bond acceptors (Lipinski definition) is 2. The molecule has 0 aliphatic rings. The summed E-state index contributed by atoms with van der Waals surface area (Å²) in [5.74, 6) is 0. The van der Waals surface area contributed by atoms with Gasteiger partial charge in [-0.3, -0.25) is 0 Å². The van der Waals surface area contributed by atoms with Crippen LogP contribution in [-0.4, -0.2) is 11.2 Å². The summed E-state index contributed by atoms with van der Waals surface area (Å²) in [4.78, 5) is 0. The van der Waals surface area contributed by atoms with Gasteiger partial charge in [0.15, 0.2) is 0 Å². The third-order valence-electron chi connectivity index (χ3n) is 10.6. The van der Waals surface area contributed by atoms with Gasteiger partial charge in [-0.25, -0.2) is 0 Å². The van der Waals surface area contributed by atoms with Gasteiger partial charge in [-0.05, 0) is 122 Å². The minimum atomic E-state index is -0.885. The SMILES string of the molecule is CC(C)O.Cc1ccc(P(c2ccc(C)cc2)c2ccc3ccccc3c2-c2c(P(c3ccc(C)cc3)c3ccc(C)cc3)ccc3ccccc23)cc1.N#Cc1cc[c-]cc1.[Pd]. The Bertz CT molecular complexity index is 2650. The molecule has 0 atom stereocenters. The predicted octanol–water partition coefficient (Wildman–Crippen LogP) is 12.2. The van der Waals surface area contributed by atoms with E-state index in [0.29, 0.717) is 5.56 Å². The molecule has 0 saturated carbocycles. The average molecular weight is 947 g/mol. The summed E-state index contributed by atoms with van der Waals surface area (Å²) in [5.41, 5.74) is 8.52. The van der Waals surface area contributed by atoms with E-state index in [0.717, 1.165) is 0 Å². The van der Waals surface area contributed by atoms with Crippen LogP contribution < -0.4 is 31.8 Å². The first-order valence-electron chi connectivity index (χ1n) is 21.1. The van der Waals surface area contributed by atoms with Crippen LogP contribution in [0.1, 0.15) is 41.7 Å². The summed E-state index contributed by atoms with van der Waals surface area (Å²) in [5, 5.41) is 29.7. The molecule has 9 rings (SSSR count). The first-order chi connectivity index (χ1) is 30.1. The molecular weight excluding hydrogens is 895 g/mol. The molecule has 63 heavy (non-hydrogen) atoms. The van der Waals surface area contributed by atoms with Crippen molar-refractivity contribution in [3.63, 3.8) is 0 Å². The van der Waals surface area contributed by atoms with E-state index in [-0.39, 0.29) is 26.5 Å². The summed E-state index contributed by atoms with van der Waals surface area (Å²) >= 11 is 0. The molecule has 0 aliphatic heterocycles. The number of fused-ring (bicyclic) bond motifs is 2. The number of rotatable bonds is 7. The maximum atomic E-state index is 8.27. The van der Waals surface area contributed by atoms with Crippen LogP contribution in [0, 0.1) is 45.1 Å². The number of hydrogen-bond donors (Lipinski definition) is 1. The monoisotopic (exact) mass is 946 g/mol. The van der Waals surface area contributed by atoms with Gasteiger partial charge in [-0.15, -0.1) is 0 Å². The average Bonchev–Trinajstić information content (AvgIpc) is 3.29. The molecule has 0 fully saturated rings. The van der Waals surface area contributed by atoms with Crippen molar-refractivity contribution >= 4 is 69.2 Å². The third-order valence-corrected chi connectivity index (χ3v) is 15.5. The fourth-order valence-corrected chi connectivity index (χ4v) is 12.4. The van der Waals surface area contributed by atoms with E-state index in [9.17, 15) is 0 Å². The molecule has 0 unspecified atom stereocenters. The van der Waals surface area contributed by atoms with Crippen molar-refractivity contribution in [1.29, 1.82) is 5.26 Å². The molecule has 5 heteroatoms. The topological polar surface area (TPSA) is 44.0 Å². The number of nitrogens with zero attached hydrogens (tertiary/aromatic N) is 1. The number of nitriles is 1. The summed E-state index contributed by atoms with van der Waals surface area (Å²) in [7, 11) is -1.77. The van der Waals surface area contributed by atoms with Crippen molar-refractivity contribution in [3.05, 3.63) is 228 Å². The Hall–Kier alpha value is -5.53. The maximum absolute atomic E-state index is 8.27. The molecule has 2 nitrogen and oxygen atoms in total. The summed E-state index contributed by atoms with van der Waals surface area (Å²) < 4.78 is 0. The van der Waals surface area contributed by atoms with E-state index in [1.807, 2.05) is 6.07 Å². The molecule has 316 valence electrons. The molecule has 0 aliphatic carbocycles. The summed E-state index contributed by atoms with van der Waals surface area (Å²) in [6.07, 6.45) is -0.167. The number of aliphatic hydroxyl groups excluding tert-OH is 1. The van der Waals surface area contributed by atoms with E-state index in [2.05, 4.69) is 204 Å². The van der Waals surface area contributed by atoms with Crippen LogP contribution in [0.3, 0.4) is 0 Å². The van der Waals surface area contributed by atoms with Crippen molar-refractivity contribution in [1.82, 2.24) is 0 Å². The van der Waals surface area contributed by atoms with Crippen molar-refractivity contribution < 1.29 is 25.5 Å². The molecule has 9 aromatic rings. The van der Waals surface area contributed by atoms with Gasteiger partial charge in [0.25, 0.3) is 0 Å². The van der Waals surface area contributed by atoms with Gasteiger partial charge in [0.05, 0.1) is 6.07 Å². The van der Waals surface area contributed by atoms with Gasteiger partial charge in [0.2, 0.25) is 0 Å². The Morgan fingerprint density at radius 2 is 0.746 bits per heavy atom. The van der Waals surface area contributed by atoms with Crippen LogP contribution in [-0.2, 0) is 20.4 Å². The standard InChI is InChI=1S/C48H40P2.C7H4N.C3H8O.Pd/c1-33-13-23-39(24-14-33)49(40-25-15-34(2)16-26-40)45-31-21-37-9-5-7-11-43(37)47(45)48-44-12-8-6-10-38(44)22-32-46(48)50(41-27-17-35(3)18-28-41)42-29-19-36(4)20-30-42;8-6-7-4-2-1-3-5-7;1-3(2)4;/h5-32H,1-4H3;2-5H;3-4H,1-2H3;/q;-1;;. The van der Waals surface area contributed by atoms with E-state index < -0.39 is 15.8 Å². The Balaban J connectivity index is 0.000000445. The second-order valence-corrected chi connectivity index (χ2v) is 20.2. The van der Waals surface area contributed by atoms with Gasteiger partial charge in [-0.1, -0.05) is 198 Å². The van der Waals surface area contributed by atoms with Crippen LogP contribution >= 0.6 is 15.8 Å². The fraction of sp³-hybridized carbons (Fsp3) is 0.121. The number of aliphatic hydroxyl groups is 1. The van der Waals surface area contributed by atoms with Gasteiger partial charge in [0, 0.05) is 26.5 Å². The maximum Gasteiger partial charge on any atom is 0.0725 e. The molecule has 0 bridgehead atoms. The van der Waals surface area contributed by atoms with Gasteiger partial charge < -0.3 is 5.11 Å². The van der Waals surface area contributed by atoms with Crippen LogP contribution in [0.15, 0.2) is 194 Å². The summed E-state index contributed by atoms with van der Waals surface area (Å²) in [6.45, 7) is 12.2. The molecule has 0 aromatic heterocycles. The van der Waals surface area contributed by atoms with Gasteiger partial charge in [-0.2, -0.15) is 35.6 Å². The summed E-state index contributed by atoms with van der Waals surface area (Å²) in [6, 6.07) is 76.3. The van der Waals surface area contributed by atoms with Gasteiger partial charge in [0.1, 0.15) is 0 Å². The van der Waals surface area contributed by atoms with E-state index in [4.69, 9.17) is 10.4 Å². The van der Waals surface area contributed by atoms with Gasteiger partial charge >= 0.3 is 0 Å².